The second-order valence-corrected chi connectivity index (χ2v) is 5.21. The third kappa shape index (κ3) is 2.26. The highest BCUT2D eigenvalue weighted by molar-refractivity contribution is 5.43. The fraction of sp³-hybridized carbons (Fsp3) is 0.500. The summed E-state index contributed by atoms with van der Waals surface area (Å²) >= 11 is 0. The molecule has 2 aromatic heterocycles. The first-order chi connectivity index (χ1) is 9.69. The van der Waals surface area contributed by atoms with E-state index in [-0.39, 0.29) is 5.82 Å². The van der Waals surface area contributed by atoms with Crippen LogP contribution in [0.3, 0.4) is 0 Å². The average molecular weight is 275 g/mol. The molecule has 6 heteroatoms. The van der Waals surface area contributed by atoms with E-state index in [1.165, 1.54) is 6.33 Å². The molecule has 0 N–H and O–H groups in total. The molecule has 0 aliphatic carbocycles. The molecule has 3 heterocycles. The summed E-state index contributed by atoms with van der Waals surface area (Å²) in [5, 5.41) is 0. The van der Waals surface area contributed by atoms with E-state index in [9.17, 15) is 4.39 Å². The Morgan fingerprint density at radius 3 is 2.75 bits per heavy atom. The first-order valence-corrected chi connectivity index (χ1v) is 6.91. The maximum absolute atomic E-state index is 14.1. The van der Waals surface area contributed by atoms with Crippen LogP contribution in [0.25, 0.3) is 0 Å². The second-order valence-electron chi connectivity index (χ2n) is 5.21. The number of aryl methyl sites for hydroxylation is 2. The van der Waals surface area contributed by atoms with Gasteiger partial charge in [0.2, 0.25) is 0 Å². The SMILES string of the molecule is CCc1ncnc(N2CC(Cn3ccnc3C)C2)c1F. The van der Waals surface area contributed by atoms with Gasteiger partial charge in [-0.1, -0.05) is 6.92 Å². The summed E-state index contributed by atoms with van der Waals surface area (Å²) in [6.45, 7) is 6.48. The minimum absolute atomic E-state index is 0.271. The fourth-order valence-electron chi connectivity index (χ4n) is 2.60. The number of halogens is 1. The van der Waals surface area contributed by atoms with E-state index < -0.39 is 0 Å². The Kier molecular flexibility index (Phi) is 3.38. The summed E-state index contributed by atoms with van der Waals surface area (Å²) in [5.74, 6) is 1.70. The monoisotopic (exact) mass is 275 g/mol. The number of imidazole rings is 1. The zero-order valence-corrected chi connectivity index (χ0v) is 11.8. The van der Waals surface area contributed by atoms with Gasteiger partial charge in [0.05, 0.1) is 5.69 Å². The third-order valence-corrected chi connectivity index (χ3v) is 3.81. The highest BCUT2D eigenvalue weighted by atomic mass is 19.1. The number of rotatable bonds is 4. The van der Waals surface area contributed by atoms with E-state index in [2.05, 4.69) is 19.5 Å². The van der Waals surface area contributed by atoms with E-state index >= 15 is 0 Å². The van der Waals surface area contributed by atoms with Crippen LogP contribution in [0.4, 0.5) is 10.2 Å². The fourth-order valence-corrected chi connectivity index (χ4v) is 2.60. The highest BCUT2D eigenvalue weighted by Crippen LogP contribution is 2.27. The molecule has 1 aliphatic heterocycles. The van der Waals surface area contributed by atoms with Crippen LogP contribution < -0.4 is 4.90 Å². The topological polar surface area (TPSA) is 46.8 Å². The van der Waals surface area contributed by atoms with Crippen molar-refractivity contribution in [1.82, 2.24) is 19.5 Å². The molecule has 0 amide bonds. The average Bonchev–Trinajstić information content (AvgIpc) is 2.80. The Morgan fingerprint density at radius 1 is 1.30 bits per heavy atom. The van der Waals surface area contributed by atoms with Crippen LogP contribution >= 0.6 is 0 Å². The number of hydrogen-bond acceptors (Lipinski definition) is 4. The molecule has 20 heavy (non-hydrogen) atoms. The van der Waals surface area contributed by atoms with Crippen molar-refractivity contribution in [3.8, 4) is 0 Å². The smallest absolute Gasteiger partial charge is 0.187 e. The van der Waals surface area contributed by atoms with Gasteiger partial charge in [-0.25, -0.2) is 19.3 Å². The molecule has 0 radical (unpaired) electrons. The standard InChI is InChI=1S/C14H18FN5/c1-3-12-13(15)14(18-9-17-12)20-7-11(8-20)6-19-5-4-16-10(19)2/h4-5,9,11H,3,6-8H2,1-2H3. The van der Waals surface area contributed by atoms with Crippen LogP contribution in [0.1, 0.15) is 18.4 Å². The van der Waals surface area contributed by atoms with Gasteiger partial charge in [-0.3, -0.25) is 0 Å². The summed E-state index contributed by atoms with van der Waals surface area (Å²) in [7, 11) is 0. The summed E-state index contributed by atoms with van der Waals surface area (Å²) in [6, 6.07) is 0. The normalized spacial score (nSPS) is 15.4. The number of nitrogens with zero attached hydrogens (tertiary/aromatic N) is 5. The van der Waals surface area contributed by atoms with Crippen molar-refractivity contribution < 1.29 is 4.39 Å². The zero-order chi connectivity index (χ0) is 14.1. The zero-order valence-electron chi connectivity index (χ0n) is 11.8. The molecule has 1 saturated heterocycles. The highest BCUT2D eigenvalue weighted by Gasteiger charge is 2.30. The quantitative estimate of drug-likeness (QED) is 0.854. The number of hydrogen-bond donors (Lipinski definition) is 0. The molecule has 0 unspecified atom stereocenters. The van der Waals surface area contributed by atoms with Crippen LogP contribution in [-0.2, 0) is 13.0 Å². The van der Waals surface area contributed by atoms with E-state index in [1.807, 2.05) is 31.1 Å². The molecular weight excluding hydrogens is 257 g/mol. The van der Waals surface area contributed by atoms with Crippen LogP contribution in [0.5, 0.6) is 0 Å². The first kappa shape index (κ1) is 13.0. The molecule has 1 fully saturated rings. The third-order valence-electron chi connectivity index (χ3n) is 3.81. The van der Waals surface area contributed by atoms with Gasteiger partial charge >= 0.3 is 0 Å². The molecule has 0 bridgehead atoms. The van der Waals surface area contributed by atoms with Crippen molar-refractivity contribution in [2.24, 2.45) is 5.92 Å². The van der Waals surface area contributed by atoms with Crippen molar-refractivity contribution in [2.45, 2.75) is 26.8 Å². The van der Waals surface area contributed by atoms with Crippen molar-refractivity contribution in [1.29, 1.82) is 0 Å². The largest absolute Gasteiger partial charge is 0.353 e. The Balaban J connectivity index is 1.65. The summed E-state index contributed by atoms with van der Waals surface area (Å²) in [6.07, 6.45) is 5.83. The van der Waals surface area contributed by atoms with E-state index in [4.69, 9.17) is 0 Å². The van der Waals surface area contributed by atoms with Crippen molar-refractivity contribution in [3.63, 3.8) is 0 Å². The summed E-state index contributed by atoms with van der Waals surface area (Å²) < 4.78 is 16.3. The van der Waals surface area contributed by atoms with Crippen molar-refractivity contribution >= 4 is 5.82 Å². The predicted octanol–water partition coefficient (Wildman–Crippen LogP) is 1.82. The maximum atomic E-state index is 14.1. The molecule has 0 spiro atoms. The van der Waals surface area contributed by atoms with Gasteiger partial charge in [0.1, 0.15) is 12.2 Å². The summed E-state index contributed by atoms with van der Waals surface area (Å²) in [5.41, 5.74) is 0.490. The molecule has 3 rings (SSSR count). The lowest BCUT2D eigenvalue weighted by Gasteiger charge is -2.40. The Bertz CT molecular complexity index is 603. The molecule has 1 aliphatic rings. The first-order valence-electron chi connectivity index (χ1n) is 6.91. The molecular formula is C14H18FN5. The van der Waals surface area contributed by atoms with Crippen LogP contribution in [-0.4, -0.2) is 32.6 Å². The van der Waals surface area contributed by atoms with Gasteiger partial charge < -0.3 is 9.47 Å². The molecule has 106 valence electrons. The van der Waals surface area contributed by atoms with Gasteiger partial charge in [0.15, 0.2) is 11.6 Å². The molecule has 0 saturated carbocycles. The lowest BCUT2D eigenvalue weighted by Crippen LogP contribution is -2.49. The van der Waals surface area contributed by atoms with Gasteiger partial charge in [0, 0.05) is 37.9 Å². The summed E-state index contributed by atoms with van der Waals surface area (Å²) in [4.78, 5) is 14.2. The van der Waals surface area contributed by atoms with E-state index in [0.717, 1.165) is 25.5 Å². The van der Waals surface area contributed by atoms with Gasteiger partial charge in [0.25, 0.3) is 0 Å². The molecule has 5 nitrogen and oxygen atoms in total. The second kappa shape index (κ2) is 5.19. The van der Waals surface area contributed by atoms with E-state index in [0.29, 0.717) is 23.9 Å². The lowest BCUT2D eigenvalue weighted by atomic mass is 10.00. The Labute approximate surface area is 117 Å². The Hall–Kier alpha value is -1.98. The number of anilines is 1. The lowest BCUT2D eigenvalue weighted by molar-refractivity contribution is 0.348. The van der Waals surface area contributed by atoms with Crippen LogP contribution in [0.15, 0.2) is 18.7 Å². The minimum atomic E-state index is -0.271. The van der Waals surface area contributed by atoms with E-state index in [1.54, 1.807) is 0 Å². The maximum Gasteiger partial charge on any atom is 0.187 e. The van der Waals surface area contributed by atoms with Gasteiger partial charge in [-0.15, -0.1) is 0 Å². The van der Waals surface area contributed by atoms with Crippen molar-refractivity contribution in [3.05, 3.63) is 36.1 Å². The van der Waals surface area contributed by atoms with Crippen LogP contribution in [0, 0.1) is 18.7 Å². The van der Waals surface area contributed by atoms with Crippen molar-refractivity contribution in [2.75, 3.05) is 18.0 Å². The molecule has 2 aromatic rings. The van der Waals surface area contributed by atoms with Crippen LogP contribution in [0.2, 0.25) is 0 Å². The minimum Gasteiger partial charge on any atom is -0.353 e. The van der Waals surface area contributed by atoms with Gasteiger partial charge in [-0.05, 0) is 13.3 Å². The Morgan fingerprint density at radius 2 is 2.10 bits per heavy atom. The van der Waals surface area contributed by atoms with Gasteiger partial charge in [-0.2, -0.15) is 0 Å². The number of aromatic nitrogens is 4. The predicted molar refractivity (Wildman–Crippen MR) is 74.0 cm³/mol. The molecule has 0 atom stereocenters. The molecule has 0 aromatic carbocycles.